The third-order valence-electron chi connectivity index (χ3n) is 3.91. The molecular weight excluding hydrogens is 329 g/mol. The molecule has 1 saturated heterocycles. The van der Waals surface area contributed by atoms with Crippen molar-refractivity contribution in [2.75, 3.05) is 25.1 Å². The van der Waals surface area contributed by atoms with Crippen LogP contribution in [0.1, 0.15) is 37.3 Å². The molecule has 1 fully saturated rings. The van der Waals surface area contributed by atoms with Crippen LogP contribution >= 0.6 is 11.8 Å². The fraction of sp³-hybridized carbons (Fsp3) is 0.786. The van der Waals surface area contributed by atoms with Crippen molar-refractivity contribution in [3.05, 3.63) is 11.6 Å². The lowest BCUT2D eigenvalue weighted by Gasteiger charge is -2.30. The minimum atomic E-state index is -4.32. The SMILES string of the molecule is CSCCc1nc(C2CCN(C(C)=O)CC2)n(CC(F)(F)F)n1. The second-order valence-electron chi connectivity index (χ2n) is 5.68. The van der Waals surface area contributed by atoms with Crippen LogP contribution in [0.3, 0.4) is 0 Å². The zero-order chi connectivity index (χ0) is 17.0. The average molecular weight is 350 g/mol. The van der Waals surface area contributed by atoms with Crippen molar-refractivity contribution >= 4 is 17.7 Å². The zero-order valence-corrected chi connectivity index (χ0v) is 14.1. The first-order chi connectivity index (χ1) is 10.8. The third kappa shape index (κ3) is 5.12. The van der Waals surface area contributed by atoms with E-state index in [9.17, 15) is 18.0 Å². The van der Waals surface area contributed by atoms with Gasteiger partial charge in [0.25, 0.3) is 0 Å². The number of carbonyl (C=O) groups excluding carboxylic acids is 1. The fourth-order valence-corrected chi connectivity index (χ4v) is 3.13. The molecule has 2 rings (SSSR count). The highest BCUT2D eigenvalue weighted by atomic mass is 32.2. The molecule has 1 aromatic rings. The van der Waals surface area contributed by atoms with Gasteiger partial charge in [0.15, 0.2) is 5.82 Å². The van der Waals surface area contributed by atoms with Crippen molar-refractivity contribution < 1.29 is 18.0 Å². The number of nitrogens with zero attached hydrogens (tertiary/aromatic N) is 4. The predicted octanol–water partition coefficient (Wildman–Crippen LogP) is 2.47. The van der Waals surface area contributed by atoms with Gasteiger partial charge in [-0.05, 0) is 19.1 Å². The van der Waals surface area contributed by atoms with Crippen LogP contribution in [0.15, 0.2) is 0 Å². The van der Waals surface area contributed by atoms with Crippen molar-refractivity contribution in [2.24, 2.45) is 0 Å². The monoisotopic (exact) mass is 350 g/mol. The van der Waals surface area contributed by atoms with Gasteiger partial charge in [0.1, 0.15) is 12.4 Å². The summed E-state index contributed by atoms with van der Waals surface area (Å²) in [6.07, 6.45) is -0.577. The molecule has 1 amide bonds. The van der Waals surface area contributed by atoms with Crippen LogP contribution in [0.4, 0.5) is 13.2 Å². The van der Waals surface area contributed by atoms with Crippen molar-refractivity contribution in [1.29, 1.82) is 0 Å². The van der Waals surface area contributed by atoms with Gasteiger partial charge in [0.2, 0.25) is 5.91 Å². The number of thioether (sulfide) groups is 1. The summed E-state index contributed by atoms with van der Waals surface area (Å²) in [4.78, 5) is 17.4. The molecule has 0 spiro atoms. The Kier molecular flexibility index (Phi) is 5.94. The number of rotatable bonds is 5. The Hall–Kier alpha value is -1.25. The Morgan fingerprint density at radius 1 is 1.35 bits per heavy atom. The molecule has 0 aromatic carbocycles. The minimum absolute atomic E-state index is 0.000804. The summed E-state index contributed by atoms with van der Waals surface area (Å²) in [5.41, 5.74) is 0. The number of hydrogen-bond donors (Lipinski definition) is 0. The van der Waals surface area contributed by atoms with Crippen LogP contribution in [0, 0.1) is 0 Å². The van der Waals surface area contributed by atoms with Crippen LogP contribution in [-0.4, -0.2) is 56.8 Å². The van der Waals surface area contributed by atoms with Gasteiger partial charge >= 0.3 is 6.18 Å². The van der Waals surface area contributed by atoms with E-state index in [-0.39, 0.29) is 11.8 Å². The van der Waals surface area contributed by atoms with Gasteiger partial charge < -0.3 is 4.90 Å². The highest BCUT2D eigenvalue weighted by Gasteiger charge is 2.33. The summed E-state index contributed by atoms with van der Waals surface area (Å²) in [5.74, 6) is 1.57. The lowest BCUT2D eigenvalue weighted by molar-refractivity contribution is -0.143. The normalized spacial score (nSPS) is 16.8. The van der Waals surface area contributed by atoms with E-state index in [2.05, 4.69) is 10.1 Å². The molecule has 9 heteroatoms. The van der Waals surface area contributed by atoms with Crippen LogP contribution < -0.4 is 0 Å². The van der Waals surface area contributed by atoms with Gasteiger partial charge in [-0.2, -0.15) is 30.0 Å². The van der Waals surface area contributed by atoms with Gasteiger partial charge in [-0.3, -0.25) is 4.79 Å². The molecule has 23 heavy (non-hydrogen) atoms. The standard InChI is InChI=1S/C14H21F3N4OS/c1-10(22)20-6-3-11(4-7-20)13-18-12(5-8-23-2)19-21(13)9-14(15,16)17/h11H,3-9H2,1-2H3. The maximum absolute atomic E-state index is 12.8. The van der Waals surface area contributed by atoms with Gasteiger partial charge in [-0.15, -0.1) is 0 Å². The van der Waals surface area contributed by atoms with Gasteiger partial charge in [0.05, 0.1) is 0 Å². The van der Waals surface area contributed by atoms with Gasteiger partial charge in [-0.25, -0.2) is 9.67 Å². The molecule has 1 aliphatic rings. The molecule has 0 aliphatic carbocycles. The largest absolute Gasteiger partial charge is 0.408 e. The van der Waals surface area contributed by atoms with Crippen molar-refractivity contribution in [3.8, 4) is 0 Å². The minimum Gasteiger partial charge on any atom is -0.343 e. The molecule has 1 aromatic heterocycles. The van der Waals surface area contributed by atoms with Crippen LogP contribution in [0.2, 0.25) is 0 Å². The zero-order valence-electron chi connectivity index (χ0n) is 13.3. The van der Waals surface area contributed by atoms with Crippen molar-refractivity contribution in [3.63, 3.8) is 0 Å². The van der Waals surface area contributed by atoms with E-state index >= 15 is 0 Å². The summed E-state index contributed by atoms with van der Waals surface area (Å²) in [6, 6.07) is 0. The number of aromatic nitrogens is 3. The Morgan fingerprint density at radius 3 is 2.52 bits per heavy atom. The van der Waals surface area contributed by atoms with Crippen molar-refractivity contribution in [1.82, 2.24) is 19.7 Å². The Morgan fingerprint density at radius 2 is 2.00 bits per heavy atom. The third-order valence-corrected chi connectivity index (χ3v) is 4.52. The van der Waals surface area contributed by atoms with Gasteiger partial charge in [0, 0.05) is 38.1 Å². The lowest BCUT2D eigenvalue weighted by Crippen LogP contribution is -2.37. The Bertz CT molecular complexity index is 539. The maximum atomic E-state index is 12.8. The van der Waals surface area contributed by atoms with Crippen LogP contribution in [0.5, 0.6) is 0 Å². The van der Waals surface area contributed by atoms with Crippen LogP contribution in [0.25, 0.3) is 0 Å². The van der Waals surface area contributed by atoms with E-state index in [0.29, 0.717) is 44.0 Å². The molecule has 0 N–H and O–H groups in total. The van der Waals surface area contributed by atoms with Gasteiger partial charge in [-0.1, -0.05) is 0 Å². The second-order valence-corrected chi connectivity index (χ2v) is 6.67. The quantitative estimate of drug-likeness (QED) is 0.819. The lowest BCUT2D eigenvalue weighted by atomic mass is 9.96. The number of carbonyl (C=O) groups is 1. The molecule has 130 valence electrons. The number of hydrogen-bond acceptors (Lipinski definition) is 4. The average Bonchev–Trinajstić information content (AvgIpc) is 2.86. The molecule has 0 saturated carbocycles. The summed E-state index contributed by atoms with van der Waals surface area (Å²) in [6.45, 7) is 1.51. The molecule has 0 radical (unpaired) electrons. The summed E-state index contributed by atoms with van der Waals surface area (Å²) < 4.78 is 39.3. The molecule has 0 unspecified atom stereocenters. The fourth-order valence-electron chi connectivity index (χ4n) is 2.74. The maximum Gasteiger partial charge on any atom is 0.408 e. The van der Waals surface area contributed by atoms with Crippen LogP contribution in [-0.2, 0) is 17.8 Å². The topological polar surface area (TPSA) is 51.0 Å². The molecular formula is C14H21F3N4OS. The van der Waals surface area contributed by atoms with E-state index in [1.807, 2.05) is 6.26 Å². The number of aryl methyl sites for hydroxylation is 1. The predicted molar refractivity (Wildman–Crippen MR) is 82.4 cm³/mol. The van der Waals surface area contributed by atoms with Crippen molar-refractivity contribution in [2.45, 2.75) is 44.8 Å². The molecule has 1 aliphatic heterocycles. The summed E-state index contributed by atoms with van der Waals surface area (Å²) in [5, 5.41) is 4.05. The first-order valence-electron chi connectivity index (χ1n) is 7.55. The molecule has 2 heterocycles. The van der Waals surface area contributed by atoms with E-state index in [4.69, 9.17) is 0 Å². The highest BCUT2D eigenvalue weighted by Crippen LogP contribution is 2.29. The number of halogens is 3. The molecule has 5 nitrogen and oxygen atoms in total. The smallest absolute Gasteiger partial charge is 0.343 e. The number of piperidine rings is 1. The highest BCUT2D eigenvalue weighted by molar-refractivity contribution is 7.98. The number of likely N-dealkylation sites (tertiary alicyclic amines) is 1. The summed E-state index contributed by atoms with van der Waals surface area (Å²) >= 11 is 1.61. The molecule has 0 bridgehead atoms. The first-order valence-corrected chi connectivity index (χ1v) is 8.94. The van der Waals surface area contributed by atoms with E-state index in [1.54, 1.807) is 16.7 Å². The number of alkyl halides is 3. The van der Waals surface area contributed by atoms with E-state index in [0.717, 1.165) is 10.4 Å². The Labute approximate surface area is 137 Å². The Balaban J connectivity index is 2.15. The van der Waals surface area contributed by atoms with E-state index in [1.165, 1.54) is 6.92 Å². The van der Waals surface area contributed by atoms with E-state index < -0.39 is 12.7 Å². The first kappa shape index (κ1) is 18.1. The molecule has 0 atom stereocenters. The summed E-state index contributed by atoms with van der Waals surface area (Å²) in [7, 11) is 0. The number of amides is 1. The second kappa shape index (κ2) is 7.55.